The number of anilines is 1. The van der Waals surface area contributed by atoms with E-state index in [1.54, 1.807) is 12.1 Å². The maximum Gasteiger partial charge on any atom is 0.251 e. The molecule has 0 radical (unpaired) electrons. The van der Waals surface area contributed by atoms with Crippen molar-refractivity contribution in [2.45, 2.75) is 12.8 Å². The lowest BCUT2D eigenvalue weighted by molar-refractivity contribution is -0.130. The summed E-state index contributed by atoms with van der Waals surface area (Å²) in [5, 5.41) is 2.82. The zero-order valence-corrected chi connectivity index (χ0v) is 16.3. The number of nitrogens with zero attached hydrogens (tertiary/aromatic N) is 3. The first-order valence-electron chi connectivity index (χ1n) is 10.0. The van der Waals surface area contributed by atoms with E-state index in [9.17, 15) is 9.59 Å². The van der Waals surface area contributed by atoms with Gasteiger partial charge in [0.25, 0.3) is 5.91 Å². The largest absolute Gasteiger partial charge is 0.352 e. The van der Waals surface area contributed by atoms with Gasteiger partial charge >= 0.3 is 0 Å². The summed E-state index contributed by atoms with van der Waals surface area (Å²) in [6, 6.07) is 17.0. The van der Waals surface area contributed by atoms with Gasteiger partial charge in [0.05, 0.1) is 11.0 Å². The molecule has 2 aromatic carbocycles. The lowest BCUT2D eigenvalue weighted by Crippen LogP contribution is -2.37. The van der Waals surface area contributed by atoms with Gasteiger partial charge in [-0.2, -0.15) is 0 Å². The van der Waals surface area contributed by atoms with Gasteiger partial charge in [-0.25, -0.2) is 4.98 Å². The number of benzene rings is 2. The second-order valence-corrected chi connectivity index (χ2v) is 7.17. The van der Waals surface area contributed by atoms with Crippen LogP contribution < -0.4 is 10.2 Å². The van der Waals surface area contributed by atoms with Crippen LogP contribution in [-0.4, -0.2) is 59.4 Å². The molecule has 150 valence electrons. The van der Waals surface area contributed by atoms with Gasteiger partial charge in [-0.1, -0.05) is 30.3 Å². The number of amides is 2. The van der Waals surface area contributed by atoms with Gasteiger partial charge in [0.15, 0.2) is 0 Å². The number of hydrogen-bond acceptors (Lipinski definition) is 4. The first-order chi connectivity index (χ1) is 14.2. The lowest BCUT2D eigenvalue weighted by atomic mass is 10.2. The van der Waals surface area contributed by atoms with Crippen LogP contribution in [0.2, 0.25) is 0 Å². The second-order valence-electron chi connectivity index (χ2n) is 7.17. The molecule has 0 bridgehead atoms. The minimum Gasteiger partial charge on any atom is -0.352 e. The molecule has 2 N–H and O–H groups in total. The topological polar surface area (TPSA) is 81.3 Å². The Bertz CT molecular complexity index is 952. The Morgan fingerprint density at radius 1 is 0.966 bits per heavy atom. The third-order valence-corrected chi connectivity index (χ3v) is 5.19. The number of carbonyl (C=O) groups is 2. The Morgan fingerprint density at radius 3 is 2.59 bits per heavy atom. The summed E-state index contributed by atoms with van der Waals surface area (Å²) in [7, 11) is 0. The van der Waals surface area contributed by atoms with Crippen LogP contribution in [-0.2, 0) is 4.79 Å². The van der Waals surface area contributed by atoms with Crippen LogP contribution in [0.4, 0.5) is 5.95 Å². The number of fused-ring (bicyclic) bond motifs is 1. The molecule has 0 spiro atoms. The molecule has 2 amide bonds. The first kappa shape index (κ1) is 19.0. The Balaban J connectivity index is 1.27. The Labute approximate surface area is 169 Å². The van der Waals surface area contributed by atoms with E-state index in [0.717, 1.165) is 43.0 Å². The van der Waals surface area contributed by atoms with E-state index in [0.29, 0.717) is 25.1 Å². The first-order valence-corrected chi connectivity index (χ1v) is 10.0. The van der Waals surface area contributed by atoms with Gasteiger partial charge < -0.3 is 20.1 Å². The molecule has 0 aliphatic carbocycles. The summed E-state index contributed by atoms with van der Waals surface area (Å²) < 4.78 is 0. The SMILES string of the molecule is O=C(NCCC(=O)N1CCCN(c2nc3ccccc3[nH]2)CC1)c1ccccc1. The number of hydrogen-bond donors (Lipinski definition) is 2. The molecule has 2 heterocycles. The molecule has 1 fully saturated rings. The maximum absolute atomic E-state index is 12.6. The van der Waals surface area contributed by atoms with Crippen LogP contribution in [0.25, 0.3) is 11.0 Å². The molecule has 4 rings (SSSR count). The highest BCUT2D eigenvalue weighted by Gasteiger charge is 2.21. The average molecular weight is 391 g/mol. The summed E-state index contributed by atoms with van der Waals surface area (Å²) in [6.45, 7) is 3.32. The van der Waals surface area contributed by atoms with E-state index in [1.807, 2.05) is 47.4 Å². The summed E-state index contributed by atoms with van der Waals surface area (Å²) in [4.78, 5) is 36.8. The molecule has 29 heavy (non-hydrogen) atoms. The van der Waals surface area contributed by atoms with Gasteiger partial charge in [-0.3, -0.25) is 9.59 Å². The van der Waals surface area contributed by atoms with Crippen molar-refractivity contribution in [1.82, 2.24) is 20.2 Å². The summed E-state index contributed by atoms with van der Waals surface area (Å²) in [5.41, 5.74) is 2.58. The van der Waals surface area contributed by atoms with Gasteiger partial charge in [0, 0.05) is 44.7 Å². The lowest BCUT2D eigenvalue weighted by Gasteiger charge is -2.22. The van der Waals surface area contributed by atoms with Crippen molar-refractivity contribution in [3.05, 3.63) is 60.2 Å². The maximum atomic E-state index is 12.6. The molecule has 0 unspecified atom stereocenters. The van der Waals surface area contributed by atoms with Gasteiger partial charge in [-0.05, 0) is 30.7 Å². The molecule has 7 heteroatoms. The van der Waals surface area contributed by atoms with Crippen LogP contribution in [0, 0.1) is 0 Å². The molecule has 1 saturated heterocycles. The van der Waals surface area contributed by atoms with Crippen molar-refractivity contribution < 1.29 is 9.59 Å². The van der Waals surface area contributed by atoms with Gasteiger partial charge in [0.1, 0.15) is 0 Å². The molecule has 1 aliphatic heterocycles. The number of imidazole rings is 1. The standard InChI is InChI=1S/C22H25N5O2/c28-20(11-12-23-21(29)17-7-2-1-3-8-17)26-13-6-14-27(16-15-26)22-24-18-9-4-5-10-19(18)25-22/h1-5,7-10H,6,11-16H2,(H,23,29)(H,24,25). The van der Waals surface area contributed by atoms with Crippen LogP contribution in [0.3, 0.4) is 0 Å². The monoisotopic (exact) mass is 391 g/mol. The molecular formula is C22H25N5O2. The van der Waals surface area contributed by atoms with Gasteiger partial charge in [-0.15, -0.1) is 0 Å². The number of aromatic amines is 1. The predicted octanol–water partition coefficient (Wildman–Crippen LogP) is 2.42. The molecule has 0 saturated carbocycles. The Morgan fingerprint density at radius 2 is 1.76 bits per heavy atom. The van der Waals surface area contributed by atoms with Crippen molar-refractivity contribution in [3.63, 3.8) is 0 Å². The molecule has 7 nitrogen and oxygen atoms in total. The number of nitrogens with one attached hydrogen (secondary N) is 2. The molecule has 1 aromatic heterocycles. The highest BCUT2D eigenvalue weighted by atomic mass is 16.2. The summed E-state index contributed by atoms with van der Waals surface area (Å²) in [5.74, 6) is 0.783. The van der Waals surface area contributed by atoms with E-state index in [2.05, 4.69) is 20.2 Å². The van der Waals surface area contributed by atoms with Crippen molar-refractivity contribution >= 4 is 28.8 Å². The highest BCUT2D eigenvalue weighted by Crippen LogP contribution is 2.18. The Kier molecular flexibility index (Phi) is 5.74. The number of para-hydroxylation sites is 2. The molecule has 3 aromatic rings. The van der Waals surface area contributed by atoms with Crippen molar-refractivity contribution in [3.8, 4) is 0 Å². The van der Waals surface area contributed by atoms with E-state index < -0.39 is 0 Å². The number of H-pyrrole nitrogens is 1. The van der Waals surface area contributed by atoms with E-state index in [-0.39, 0.29) is 11.8 Å². The minimum absolute atomic E-state index is 0.0739. The Hall–Kier alpha value is -3.35. The molecule has 1 aliphatic rings. The molecular weight excluding hydrogens is 366 g/mol. The number of carbonyl (C=O) groups excluding carboxylic acids is 2. The van der Waals surface area contributed by atoms with Gasteiger partial charge in [0.2, 0.25) is 11.9 Å². The van der Waals surface area contributed by atoms with Crippen LogP contribution in [0.15, 0.2) is 54.6 Å². The van der Waals surface area contributed by atoms with Crippen molar-refractivity contribution in [2.24, 2.45) is 0 Å². The van der Waals surface area contributed by atoms with E-state index >= 15 is 0 Å². The third-order valence-electron chi connectivity index (χ3n) is 5.19. The quantitative estimate of drug-likeness (QED) is 0.700. The van der Waals surface area contributed by atoms with Crippen molar-refractivity contribution in [2.75, 3.05) is 37.6 Å². The smallest absolute Gasteiger partial charge is 0.251 e. The molecule has 0 atom stereocenters. The summed E-state index contributed by atoms with van der Waals surface area (Å²) in [6.07, 6.45) is 1.20. The minimum atomic E-state index is -0.148. The summed E-state index contributed by atoms with van der Waals surface area (Å²) >= 11 is 0. The number of rotatable bonds is 5. The highest BCUT2D eigenvalue weighted by molar-refractivity contribution is 5.94. The van der Waals surface area contributed by atoms with Crippen LogP contribution in [0.1, 0.15) is 23.2 Å². The zero-order chi connectivity index (χ0) is 20.1. The second kappa shape index (κ2) is 8.77. The average Bonchev–Trinajstić information content (AvgIpc) is 3.03. The number of aromatic nitrogens is 2. The fourth-order valence-electron chi connectivity index (χ4n) is 3.60. The predicted molar refractivity (Wildman–Crippen MR) is 113 cm³/mol. The van der Waals surface area contributed by atoms with Crippen molar-refractivity contribution in [1.29, 1.82) is 0 Å². The normalized spacial score (nSPS) is 14.6. The zero-order valence-electron chi connectivity index (χ0n) is 16.3. The third kappa shape index (κ3) is 4.56. The fourth-order valence-corrected chi connectivity index (χ4v) is 3.60. The van der Waals surface area contributed by atoms with E-state index in [4.69, 9.17) is 0 Å². The fraction of sp³-hybridized carbons (Fsp3) is 0.318. The van der Waals surface area contributed by atoms with Crippen LogP contribution >= 0.6 is 0 Å². The van der Waals surface area contributed by atoms with Crippen LogP contribution in [0.5, 0.6) is 0 Å². The van der Waals surface area contributed by atoms with E-state index in [1.165, 1.54) is 0 Å².